The van der Waals surface area contributed by atoms with Crippen molar-refractivity contribution in [2.75, 3.05) is 54.9 Å². The number of hydrogen-bond donors (Lipinski definition) is 4. The Morgan fingerprint density at radius 2 is 1.18 bits per heavy atom. The zero-order chi connectivity index (χ0) is 34.8. The molecular formula is C37H45N5O7. The van der Waals surface area contributed by atoms with Gasteiger partial charge in [0.1, 0.15) is 0 Å². The predicted molar refractivity (Wildman–Crippen MR) is 189 cm³/mol. The third kappa shape index (κ3) is 9.09. The molecule has 0 aromatic carbocycles. The smallest absolute Gasteiger partial charge is 0.303 e. The number of carbonyl (C=O) groups is 2. The van der Waals surface area contributed by atoms with Crippen LogP contribution in [0.1, 0.15) is 53.8 Å². The van der Waals surface area contributed by atoms with Crippen LogP contribution < -0.4 is 5.36 Å². The van der Waals surface area contributed by atoms with Crippen LogP contribution in [0.25, 0.3) is 44.7 Å². The fourth-order valence-corrected chi connectivity index (χ4v) is 5.91. The minimum absolute atomic E-state index is 0.00179. The van der Waals surface area contributed by atoms with Crippen LogP contribution in [0.4, 0.5) is 0 Å². The van der Waals surface area contributed by atoms with E-state index in [2.05, 4.69) is 50.3 Å². The van der Waals surface area contributed by atoms with Crippen molar-refractivity contribution in [3.8, 4) is 0 Å². The number of aliphatic carboxylic acids is 1. The predicted octanol–water partition coefficient (Wildman–Crippen LogP) is 5.35. The van der Waals surface area contributed by atoms with Crippen LogP contribution >= 0.6 is 0 Å². The second kappa shape index (κ2) is 17.2. The van der Waals surface area contributed by atoms with Gasteiger partial charge in [0.15, 0.2) is 0 Å². The highest BCUT2D eigenvalue weighted by molar-refractivity contribution is 5.89. The normalized spacial score (nSPS) is 12.6. The molecule has 12 nitrogen and oxygen atoms in total. The van der Waals surface area contributed by atoms with E-state index >= 15 is 0 Å². The molecule has 0 unspecified atom stereocenters. The Morgan fingerprint density at radius 3 is 1.76 bits per heavy atom. The summed E-state index contributed by atoms with van der Waals surface area (Å²) >= 11 is 0. The molecule has 8 bridgehead atoms. The lowest BCUT2D eigenvalue weighted by Gasteiger charge is -2.02. The van der Waals surface area contributed by atoms with Crippen molar-refractivity contribution in [1.29, 1.82) is 0 Å². The number of aromatic nitrogens is 4. The molecule has 12 heteroatoms. The zero-order valence-corrected chi connectivity index (χ0v) is 28.6. The first-order valence-electron chi connectivity index (χ1n) is 16.5. The zero-order valence-electron chi connectivity index (χ0n) is 28.6. The van der Waals surface area contributed by atoms with Gasteiger partial charge in [-0.3, -0.25) is 9.59 Å². The van der Waals surface area contributed by atoms with E-state index in [9.17, 15) is 9.59 Å². The number of H-pyrrole nitrogens is 3. The third-order valence-electron chi connectivity index (χ3n) is 8.48. The maximum Gasteiger partial charge on any atom is 0.303 e. The topological polar surface area (TPSA) is 164 Å². The van der Waals surface area contributed by atoms with Crippen LogP contribution in [-0.2, 0) is 47.8 Å². The number of aromatic amines is 3. The molecule has 0 fully saturated rings. The van der Waals surface area contributed by atoms with Gasteiger partial charge < -0.3 is 39.0 Å². The number of nitrogens with zero attached hydrogens (tertiary/aromatic N) is 2. The summed E-state index contributed by atoms with van der Waals surface area (Å²) in [5, 5.41) is 9.52. The second-order valence-corrected chi connectivity index (χ2v) is 12.0. The Hall–Kier alpha value is -4.62. The molecule has 1 aliphatic heterocycles. The molecule has 1 amide bonds. The fraction of sp³-hybridized carbons (Fsp3) is 0.405. The first-order valence-corrected chi connectivity index (χ1v) is 16.5. The molecule has 4 aromatic heterocycles. The molecule has 4 N–H and O–H groups in total. The molecule has 0 radical (unpaired) electrons. The van der Waals surface area contributed by atoms with Crippen LogP contribution in [0.2, 0.25) is 0 Å². The average Bonchev–Trinajstić information content (AvgIpc) is 3.87. The number of fused-ring (bicyclic) bond motifs is 10. The molecule has 0 spiro atoms. The first kappa shape index (κ1) is 35.7. The number of carboxylic acids is 1. The Labute approximate surface area is 284 Å². The van der Waals surface area contributed by atoms with E-state index in [4.69, 9.17) is 29.0 Å². The molecule has 0 saturated carbocycles. The van der Waals surface area contributed by atoms with E-state index in [0.29, 0.717) is 62.4 Å². The van der Waals surface area contributed by atoms with Gasteiger partial charge >= 0.3 is 5.97 Å². The summed E-state index contributed by atoms with van der Waals surface area (Å²) in [5.41, 5.74) is 10.6. The number of ether oxygens (including phenoxy) is 4. The molecular weight excluding hydrogens is 626 g/mol. The molecule has 4 aromatic rings. The maximum absolute atomic E-state index is 13.2. The number of rotatable bonds is 16. The number of carbonyl (C=O) groups excluding carboxylic acids is 1. The number of hydrogen-bond acceptors (Lipinski definition) is 7. The fourth-order valence-electron chi connectivity index (χ4n) is 5.91. The van der Waals surface area contributed by atoms with Crippen LogP contribution in [0, 0.1) is 0 Å². The van der Waals surface area contributed by atoms with E-state index in [1.165, 1.54) is 0 Å². The van der Waals surface area contributed by atoms with Crippen molar-refractivity contribution >= 4 is 56.6 Å². The van der Waals surface area contributed by atoms with Gasteiger partial charge in [-0.2, -0.15) is 0 Å². The monoisotopic (exact) mass is 671 g/mol. The van der Waals surface area contributed by atoms with Gasteiger partial charge in [0.05, 0.1) is 59.7 Å². The van der Waals surface area contributed by atoms with Gasteiger partial charge in [-0.05, 0) is 96.8 Å². The summed E-state index contributed by atoms with van der Waals surface area (Å²) in [6.45, 7) is 2.07. The molecule has 49 heavy (non-hydrogen) atoms. The Bertz CT molecular complexity index is 2020. The van der Waals surface area contributed by atoms with E-state index in [-0.39, 0.29) is 19.3 Å². The van der Waals surface area contributed by atoms with E-state index in [1.807, 2.05) is 12.1 Å². The largest absolute Gasteiger partial charge is 0.481 e. The highest BCUT2D eigenvalue weighted by atomic mass is 16.5. The molecule has 5 rings (SSSR count). The summed E-state index contributed by atoms with van der Waals surface area (Å²) in [6.07, 6.45) is 4.68. The molecule has 1 aliphatic rings. The Balaban J connectivity index is 1.88. The van der Waals surface area contributed by atoms with Crippen LogP contribution in [0.3, 0.4) is 0 Å². The lowest BCUT2D eigenvalue weighted by Crippen LogP contribution is -2.13. The SMILES string of the molecule is COCCC1=Cc2nc1c(=NC(=O)CCCC(=O)O)cc1[nH]c(cc1CCOC)c1cc(CCOC)c(ccc3[nH]c2cc3CCOC)[nH]1. The molecule has 0 atom stereocenters. The average molecular weight is 672 g/mol. The quantitative estimate of drug-likeness (QED) is 0.124. The van der Waals surface area contributed by atoms with Crippen LogP contribution in [0.15, 0.2) is 41.4 Å². The van der Waals surface area contributed by atoms with Crippen molar-refractivity contribution in [2.45, 2.75) is 44.9 Å². The lowest BCUT2D eigenvalue weighted by molar-refractivity contribution is -0.137. The minimum atomic E-state index is -0.953. The Kier molecular flexibility index (Phi) is 12.5. The standard InChI is InChI=1S/C37H45N5O7/c1-46-14-10-23-18-30-31-20-25(12-16-48-3)29(40-31)22-34(41-35(43)6-5-7-36(44)45)37-26(13-17-49-4)21-33(42-37)32-19-24(11-15-47-2)28(39-32)9-8-27(23)38-30/h8-9,18-22,38-40H,5-7,10-17H2,1-4H3,(H,44,45). The van der Waals surface area contributed by atoms with Gasteiger partial charge in [0.2, 0.25) is 5.91 Å². The number of nitrogens with one attached hydrogen (secondary N) is 3. The molecule has 5 heterocycles. The maximum atomic E-state index is 13.2. The number of methoxy groups -OCH3 is 4. The first-order chi connectivity index (χ1) is 23.8. The van der Waals surface area contributed by atoms with Crippen molar-refractivity contribution in [3.63, 3.8) is 0 Å². The van der Waals surface area contributed by atoms with Gasteiger partial charge in [-0.1, -0.05) is 0 Å². The Morgan fingerprint density at radius 1 is 0.673 bits per heavy atom. The van der Waals surface area contributed by atoms with E-state index < -0.39 is 11.9 Å². The molecule has 0 saturated heterocycles. The van der Waals surface area contributed by atoms with Crippen molar-refractivity contribution in [2.24, 2.45) is 4.99 Å². The number of amides is 1. The van der Waals surface area contributed by atoms with E-state index in [0.717, 1.165) is 61.8 Å². The highest BCUT2D eigenvalue weighted by Crippen LogP contribution is 2.27. The van der Waals surface area contributed by atoms with Crippen LogP contribution in [0.5, 0.6) is 0 Å². The van der Waals surface area contributed by atoms with Gasteiger partial charge in [-0.15, -0.1) is 0 Å². The summed E-state index contributed by atoms with van der Waals surface area (Å²) in [5.74, 6) is -1.37. The lowest BCUT2D eigenvalue weighted by atomic mass is 10.1. The third-order valence-corrected chi connectivity index (χ3v) is 8.48. The summed E-state index contributed by atoms with van der Waals surface area (Å²) in [7, 11) is 6.69. The van der Waals surface area contributed by atoms with E-state index in [1.54, 1.807) is 28.4 Å². The molecule has 0 aliphatic carbocycles. The summed E-state index contributed by atoms with van der Waals surface area (Å²) in [6, 6.07) is 12.3. The minimum Gasteiger partial charge on any atom is -0.481 e. The number of carboxylic acid groups (broad SMARTS) is 1. The summed E-state index contributed by atoms with van der Waals surface area (Å²) in [4.78, 5) is 44.8. The highest BCUT2D eigenvalue weighted by Gasteiger charge is 2.17. The summed E-state index contributed by atoms with van der Waals surface area (Å²) < 4.78 is 21.7. The van der Waals surface area contributed by atoms with Crippen LogP contribution in [-0.4, -0.2) is 91.8 Å². The van der Waals surface area contributed by atoms with Crippen molar-refractivity contribution < 1.29 is 33.6 Å². The molecule has 260 valence electrons. The van der Waals surface area contributed by atoms with Crippen molar-refractivity contribution in [1.82, 2.24) is 19.9 Å². The van der Waals surface area contributed by atoms with Gasteiger partial charge in [-0.25, -0.2) is 9.98 Å². The van der Waals surface area contributed by atoms with Gasteiger partial charge in [0.25, 0.3) is 0 Å². The van der Waals surface area contributed by atoms with Gasteiger partial charge in [0, 0.05) is 57.8 Å². The van der Waals surface area contributed by atoms with Crippen molar-refractivity contribution in [3.05, 3.63) is 69.8 Å². The second-order valence-electron chi connectivity index (χ2n) is 12.0.